The maximum atomic E-state index is 12.4. The summed E-state index contributed by atoms with van der Waals surface area (Å²) in [5.74, 6) is -0.351. The standard InChI is InChI=1S/C19H21N3O3S/c1-3-12(2)25-14-8-6-7-13(11-14)18(24)22-19(26)21-16-10-5-4-9-15(16)17(20)23/h4-12H,3H2,1-2H3,(H2,20,23)(H2,21,22,24,26)/t12-/m1/s1. The normalized spacial score (nSPS) is 11.3. The summed E-state index contributed by atoms with van der Waals surface area (Å²) in [7, 11) is 0. The Hall–Kier alpha value is -2.93. The maximum absolute atomic E-state index is 12.4. The van der Waals surface area contributed by atoms with Gasteiger partial charge >= 0.3 is 0 Å². The summed E-state index contributed by atoms with van der Waals surface area (Å²) < 4.78 is 5.72. The Kier molecular flexibility index (Phi) is 6.68. The van der Waals surface area contributed by atoms with Gasteiger partial charge < -0.3 is 15.8 Å². The van der Waals surface area contributed by atoms with E-state index < -0.39 is 5.91 Å². The Balaban J connectivity index is 2.05. The van der Waals surface area contributed by atoms with Crippen molar-refractivity contribution in [3.8, 4) is 5.75 Å². The second-order valence-electron chi connectivity index (χ2n) is 5.68. The lowest BCUT2D eigenvalue weighted by Gasteiger charge is -2.14. The van der Waals surface area contributed by atoms with Gasteiger partial charge in [0, 0.05) is 5.56 Å². The third kappa shape index (κ3) is 5.29. The van der Waals surface area contributed by atoms with Gasteiger partial charge in [0.2, 0.25) is 0 Å². The summed E-state index contributed by atoms with van der Waals surface area (Å²) in [6.07, 6.45) is 0.922. The second-order valence-corrected chi connectivity index (χ2v) is 6.09. The van der Waals surface area contributed by atoms with Crippen molar-refractivity contribution in [3.63, 3.8) is 0 Å². The van der Waals surface area contributed by atoms with E-state index in [1.807, 2.05) is 13.8 Å². The van der Waals surface area contributed by atoms with Gasteiger partial charge in [-0.3, -0.25) is 14.9 Å². The number of primary amides is 1. The van der Waals surface area contributed by atoms with Gasteiger partial charge in [0.1, 0.15) is 5.75 Å². The molecule has 2 rings (SSSR count). The average molecular weight is 371 g/mol. The van der Waals surface area contributed by atoms with Crippen molar-refractivity contribution in [1.82, 2.24) is 5.32 Å². The zero-order chi connectivity index (χ0) is 19.1. The van der Waals surface area contributed by atoms with Crippen molar-refractivity contribution < 1.29 is 14.3 Å². The number of carbonyl (C=O) groups is 2. The highest BCUT2D eigenvalue weighted by molar-refractivity contribution is 7.80. The number of thiocarbonyl (C=S) groups is 1. The molecule has 0 fully saturated rings. The first kappa shape index (κ1) is 19.4. The number of anilines is 1. The van der Waals surface area contributed by atoms with Crippen LogP contribution in [0.25, 0.3) is 0 Å². The van der Waals surface area contributed by atoms with Crippen molar-refractivity contribution in [2.45, 2.75) is 26.4 Å². The summed E-state index contributed by atoms with van der Waals surface area (Å²) in [5, 5.41) is 5.46. The van der Waals surface area contributed by atoms with Gasteiger partial charge in [0.05, 0.1) is 17.4 Å². The molecule has 136 valence electrons. The van der Waals surface area contributed by atoms with Crippen LogP contribution in [0.1, 0.15) is 41.0 Å². The molecule has 6 nitrogen and oxygen atoms in total. The van der Waals surface area contributed by atoms with Gasteiger partial charge in [-0.15, -0.1) is 0 Å². The predicted octanol–water partition coefficient (Wildman–Crippen LogP) is 3.09. The van der Waals surface area contributed by atoms with Crippen LogP contribution in [-0.2, 0) is 0 Å². The van der Waals surface area contributed by atoms with Gasteiger partial charge in [0.25, 0.3) is 11.8 Å². The molecule has 0 unspecified atom stereocenters. The molecule has 2 aromatic carbocycles. The highest BCUT2D eigenvalue weighted by atomic mass is 32.1. The van der Waals surface area contributed by atoms with Gasteiger partial charge in [-0.05, 0) is 55.9 Å². The second kappa shape index (κ2) is 8.96. The molecule has 0 bridgehead atoms. The van der Waals surface area contributed by atoms with Crippen LogP contribution in [0.4, 0.5) is 5.69 Å². The summed E-state index contributed by atoms with van der Waals surface area (Å²) in [5.41, 5.74) is 6.46. The first-order chi connectivity index (χ1) is 12.4. The van der Waals surface area contributed by atoms with E-state index in [-0.39, 0.29) is 22.7 Å². The van der Waals surface area contributed by atoms with E-state index in [0.717, 1.165) is 6.42 Å². The van der Waals surface area contributed by atoms with E-state index in [0.29, 0.717) is 17.0 Å². The fourth-order valence-corrected chi connectivity index (χ4v) is 2.36. The largest absolute Gasteiger partial charge is 0.491 e. The minimum atomic E-state index is -0.586. The van der Waals surface area contributed by atoms with E-state index in [9.17, 15) is 9.59 Å². The number of nitrogens with two attached hydrogens (primary N) is 1. The molecule has 2 amide bonds. The summed E-state index contributed by atoms with van der Waals surface area (Å²) in [6, 6.07) is 13.5. The van der Waals surface area contributed by atoms with Crippen LogP contribution in [0.3, 0.4) is 0 Å². The van der Waals surface area contributed by atoms with Crippen LogP contribution < -0.4 is 21.1 Å². The number of amides is 2. The molecule has 0 radical (unpaired) electrons. The molecule has 0 spiro atoms. The van der Waals surface area contributed by atoms with Gasteiger partial charge in [-0.25, -0.2) is 0 Å². The molecule has 1 atom stereocenters. The fourth-order valence-electron chi connectivity index (χ4n) is 2.16. The average Bonchev–Trinajstić information content (AvgIpc) is 2.62. The van der Waals surface area contributed by atoms with E-state index in [2.05, 4.69) is 10.6 Å². The molecular weight excluding hydrogens is 350 g/mol. The van der Waals surface area contributed by atoms with Crippen LogP contribution >= 0.6 is 12.2 Å². The van der Waals surface area contributed by atoms with Crippen LogP contribution in [-0.4, -0.2) is 23.0 Å². The Bertz CT molecular complexity index is 823. The smallest absolute Gasteiger partial charge is 0.257 e. The Labute approximate surface area is 157 Å². The number of rotatable bonds is 6. The summed E-state index contributed by atoms with van der Waals surface area (Å²) in [6.45, 7) is 3.98. The van der Waals surface area contributed by atoms with Crippen LogP contribution in [0, 0.1) is 0 Å². The summed E-state index contributed by atoms with van der Waals surface area (Å²) >= 11 is 5.15. The number of ether oxygens (including phenoxy) is 1. The minimum Gasteiger partial charge on any atom is -0.491 e. The lowest BCUT2D eigenvalue weighted by Crippen LogP contribution is -2.34. The SMILES string of the molecule is CC[C@@H](C)Oc1cccc(C(=O)NC(=S)Nc2ccccc2C(N)=O)c1. The molecule has 26 heavy (non-hydrogen) atoms. The number of hydrogen-bond acceptors (Lipinski definition) is 4. The van der Waals surface area contributed by atoms with Crippen molar-refractivity contribution >= 4 is 34.8 Å². The van der Waals surface area contributed by atoms with Gasteiger partial charge in [0.15, 0.2) is 5.11 Å². The van der Waals surface area contributed by atoms with Gasteiger partial charge in [-0.1, -0.05) is 25.1 Å². The number of carbonyl (C=O) groups excluding carboxylic acids is 2. The predicted molar refractivity (Wildman–Crippen MR) is 105 cm³/mol. The highest BCUT2D eigenvalue weighted by Crippen LogP contribution is 2.17. The molecule has 0 aliphatic rings. The molecule has 4 N–H and O–H groups in total. The Morgan fingerprint density at radius 3 is 2.62 bits per heavy atom. The van der Waals surface area contributed by atoms with E-state index >= 15 is 0 Å². The third-order valence-corrected chi connectivity index (χ3v) is 3.88. The molecule has 0 aliphatic heterocycles. The molecular formula is C19H21N3O3S. The van der Waals surface area contributed by atoms with Crippen molar-refractivity contribution in [3.05, 3.63) is 59.7 Å². The topological polar surface area (TPSA) is 93.4 Å². The number of hydrogen-bond donors (Lipinski definition) is 3. The van der Waals surface area contributed by atoms with Gasteiger partial charge in [-0.2, -0.15) is 0 Å². The lowest BCUT2D eigenvalue weighted by atomic mass is 10.1. The number of nitrogens with one attached hydrogen (secondary N) is 2. The van der Waals surface area contributed by atoms with E-state index in [1.54, 1.807) is 48.5 Å². The lowest BCUT2D eigenvalue weighted by molar-refractivity contribution is 0.0975. The molecule has 0 heterocycles. The monoisotopic (exact) mass is 371 g/mol. The Morgan fingerprint density at radius 1 is 1.19 bits per heavy atom. The molecule has 0 aliphatic carbocycles. The third-order valence-electron chi connectivity index (χ3n) is 3.68. The van der Waals surface area contributed by atoms with Crippen molar-refractivity contribution in [2.75, 3.05) is 5.32 Å². The van der Waals surface area contributed by atoms with E-state index in [4.69, 9.17) is 22.7 Å². The molecule has 7 heteroatoms. The first-order valence-corrected chi connectivity index (χ1v) is 8.59. The molecule has 2 aromatic rings. The van der Waals surface area contributed by atoms with E-state index in [1.165, 1.54) is 0 Å². The zero-order valence-electron chi connectivity index (χ0n) is 14.6. The molecule has 0 saturated carbocycles. The van der Waals surface area contributed by atoms with Crippen LogP contribution in [0.2, 0.25) is 0 Å². The van der Waals surface area contributed by atoms with Crippen LogP contribution in [0.5, 0.6) is 5.75 Å². The molecule has 0 aromatic heterocycles. The van der Waals surface area contributed by atoms with Crippen LogP contribution in [0.15, 0.2) is 48.5 Å². The fraction of sp³-hybridized carbons (Fsp3) is 0.211. The number of benzene rings is 2. The zero-order valence-corrected chi connectivity index (χ0v) is 15.4. The Morgan fingerprint density at radius 2 is 1.92 bits per heavy atom. The first-order valence-electron chi connectivity index (χ1n) is 8.18. The van der Waals surface area contributed by atoms with Crippen molar-refractivity contribution in [1.29, 1.82) is 0 Å². The highest BCUT2D eigenvalue weighted by Gasteiger charge is 2.12. The van der Waals surface area contributed by atoms with Crippen molar-refractivity contribution in [2.24, 2.45) is 5.73 Å². The maximum Gasteiger partial charge on any atom is 0.257 e. The molecule has 0 saturated heterocycles. The summed E-state index contributed by atoms with van der Waals surface area (Å²) in [4.78, 5) is 23.8. The quantitative estimate of drug-likeness (QED) is 0.679. The minimum absolute atomic E-state index is 0.0568. The number of para-hydroxylation sites is 1.